The summed E-state index contributed by atoms with van der Waals surface area (Å²) >= 11 is 1.72. The van der Waals surface area contributed by atoms with Gasteiger partial charge >= 0.3 is 0 Å². The molecule has 0 saturated carbocycles. The van der Waals surface area contributed by atoms with Crippen LogP contribution in [-0.4, -0.2) is 55.2 Å². The first-order valence-electron chi connectivity index (χ1n) is 5.25. The van der Waals surface area contributed by atoms with Crippen molar-refractivity contribution in [2.75, 3.05) is 32.3 Å². The molecule has 0 radical (unpaired) electrons. The van der Waals surface area contributed by atoms with E-state index in [1.807, 2.05) is 13.3 Å². The zero-order valence-corrected chi connectivity index (χ0v) is 11.5. The molecule has 0 bridgehead atoms. The van der Waals surface area contributed by atoms with E-state index in [4.69, 9.17) is 10.5 Å². The van der Waals surface area contributed by atoms with Gasteiger partial charge in [-0.1, -0.05) is 0 Å². The molecule has 2 N–H and O–H groups in total. The minimum Gasteiger partial charge on any atom is -0.379 e. The van der Waals surface area contributed by atoms with Crippen LogP contribution in [0.4, 0.5) is 0 Å². The van der Waals surface area contributed by atoms with E-state index in [0.29, 0.717) is 6.61 Å². The zero-order chi connectivity index (χ0) is 11.3. The first-order chi connectivity index (χ1) is 7.16. The van der Waals surface area contributed by atoms with Gasteiger partial charge < -0.3 is 15.4 Å². The summed E-state index contributed by atoms with van der Waals surface area (Å²) in [6.07, 6.45) is 3.70. The predicted octanol–water partition coefficient (Wildman–Crippen LogP) is 0.736. The molecule has 0 aliphatic carbocycles. The van der Waals surface area contributed by atoms with Gasteiger partial charge in [-0.2, -0.15) is 11.8 Å². The second-order valence-corrected chi connectivity index (χ2v) is 4.84. The highest BCUT2D eigenvalue weighted by molar-refractivity contribution is 7.98. The fraction of sp³-hybridized carbons (Fsp3) is 0.900. The molecule has 1 amide bonds. The highest BCUT2D eigenvalue weighted by atomic mass is 35.5. The van der Waals surface area contributed by atoms with Crippen LogP contribution in [0.2, 0.25) is 0 Å². The standard InChI is InChI=1S/C10H20N2O2S.ClH/c1-12(8-3-5-14-7-8)10(13)9(11)4-6-15-2;/h8-9H,3-7,11H2,1-2H3;1H/t8?,9-;/m0./s1. The van der Waals surface area contributed by atoms with E-state index < -0.39 is 0 Å². The number of halogens is 1. The summed E-state index contributed by atoms with van der Waals surface area (Å²) < 4.78 is 5.25. The van der Waals surface area contributed by atoms with E-state index in [-0.39, 0.29) is 30.4 Å². The third-order valence-corrected chi connectivity index (χ3v) is 3.40. The van der Waals surface area contributed by atoms with Crippen LogP contribution in [-0.2, 0) is 9.53 Å². The lowest BCUT2D eigenvalue weighted by Crippen LogP contribution is -2.47. The summed E-state index contributed by atoms with van der Waals surface area (Å²) in [4.78, 5) is 13.6. The Labute approximate surface area is 108 Å². The largest absolute Gasteiger partial charge is 0.379 e. The maximum Gasteiger partial charge on any atom is 0.239 e. The van der Waals surface area contributed by atoms with E-state index in [1.165, 1.54) is 0 Å². The highest BCUT2D eigenvalue weighted by Gasteiger charge is 2.26. The van der Waals surface area contributed by atoms with Crippen LogP contribution in [0.3, 0.4) is 0 Å². The molecule has 4 nitrogen and oxygen atoms in total. The Morgan fingerprint density at radius 3 is 2.88 bits per heavy atom. The van der Waals surface area contributed by atoms with Gasteiger partial charge in [-0.05, 0) is 24.9 Å². The number of thioether (sulfide) groups is 1. The van der Waals surface area contributed by atoms with E-state index in [2.05, 4.69) is 0 Å². The summed E-state index contributed by atoms with van der Waals surface area (Å²) in [5.41, 5.74) is 5.83. The molecule has 16 heavy (non-hydrogen) atoms. The van der Waals surface area contributed by atoms with E-state index >= 15 is 0 Å². The zero-order valence-electron chi connectivity index (χ0n) is 9.85. The molecule has 1 fully saturated rings. The molecular formula is C10H21ClN2O2S. The molecule has 1 heterocycles. The smallest absolute Gasteiger partial charge is 0.239 e. The van der Waals surface area contributed by atoms with Crippen LogP contribution in [0.25, 0.3) is 0 Å². The maximum absolute atomic E-state index is 11.9. The molecule has 96 valence electrons. The average Bonchev–Trinajstić information content (AvgIpc) is 2.77. The molecule has 0 aromatic carbocycles. The fourth-order valence-corrected chi connectivity index (χ4v) is 2.13. The molecule has 0 aromatic heterocycles. The molecule has 6 heteroatoms. The van der Waals surface area contributed by atoms with Gasteiger partial charge in [0, 0.05) is 13.7 Å². The number of hydrogen-bond acceptors (Lipinski definition) is 4. The Bertz CT molecular complexity index is 213. The third kappa shape index (κ3) is 4.49. The van der Waals surface area contributed by atoms with Gasteiger partial charge in [0.05, 0.1) is 18.7 Å². The Hall–Kier alpha value is 0.0300. The number of likely N-dealkylation sites (N-methyl/N-ethyl adjacent to an activating group) is 1. The van der Waals surface area contributed by atoms with E-state index in [9.17, 15) is 4.79 Å². The Morgan fingerprint density at radius 2 is 2.38 bits per heavy atom. The van der Waals surface area contributed by atoms with Crippen molar-refractivity contribution >= 4 is 30.1 Å². The monoisotopic (exact) mass is 268 g/mol. The SMILES string of the molecule is CSCC[C@H](N)C(=O)N(C)C1CCOC1.Cl. The number of carbonyl (C=O) groups excluding carboxylic acids is 1. The Morgan fingerprint density at radius 1 is 1.69 bits per heavy atom. The molecule has 0 spiro atoms. The summed E-state index contributed by atoms with van der Waals surface area (Å²) in [5.74, 6) is 0.974. The molecule has 2 atom stereocenters. The molecule has 1 saturated heterocycles. The third-order valence-electron chi connectivity index (χ3n) is 2.75. The topological polar surface area (TPSA) is 55.6 Å². The first kappa shape index (κ1) is 16.0. The first-order valence-corrected chi connectivity index (χ1v) is 6.65. The second-order valence-electron chi connectivity index (χ2n) is 3.85. The van der Waals surface area contributed by atoms with Crippen molar-refractivity contribution in [2.24, 2.45) is 5.73 Å². The average molecular weight is 269 g/mol. The molecule has 1 aliphatic rings. The number of nitrogens with zero attached hydrogens (tertiary/aromatic N) is 1. The van der Waals surface area contributed by atoms with E-state index in [1.54, 1.807) is 16.7 Å². The van der Waals surface area contributed by atoms with Crippen molar-refractivity contribution in [3.63, 3.8) is 0 Å². The highest BCUT2D eigenvalue weighted by Crippen LogP contribution is 2.12. The van der Waals surface area contributed by atoms with Crippen LogP contribution < -0.4 is 5.73 Å². The van der Waals surface area contributed by atoms with Crippen LogP contribution >= 0.6 is 24.2 Å². The second kappa shape index (κ2) is 8.17. The van der Waals surface area contributed by atoms with Gasteiger partial charge in [-0.25, -0.2) is 0 Å². The predicted molar refractivity (Wildman–Crippen MR) is 70.2 cm³/mol. The van der Waals surface area contributed by atoms with Gasteiger partial charge in [0.15, 0.2) is 0 Å². The van der Waals surface area contributed by atoms with Crippen molar-refractivity contribution in [3.05, 3.63) is 0 Å². The Balaban J connectivity index is 0.00000225. The quantitative estimate of drug-likeness (QED) is 0.799. The van der Waals surface area contributed by atoms with Crippen LogP contribution in [0.5, 0.6) is 0 Å². The number of nitrogens with two attached hydrogens (primary N) is 1. The van der Waals surface area contributed by atoms with Crippen molar-refractivity contribution in [1.29, 1.82) is 0 Å². The number of amides is 1. The molecule has 1 rings (SSSR count). The van der Waals surface area contributed by atoms with Gasteiger partial charge in [0.1, 0.15) is 0 Å². The number of hydrogen-bond donors (Lipinski definition) is 1. The summed E-state index contributed by atoms with van der Waals surface area (Å²) in [6, 6.07) is -0.138. The summed E-state index contributed by atoms with van der Waals surface area (Å²) in [6.45, 7) is 1.40. The van der Waals surface area contributed by atoms with Gasteiger partial charge in [0.25, 0.3) is 0 Å². The minimum atomic E-state index is -0.358. The normalized spacial score (nSPS) is 21.3. The van der Waals surface area contributed by atoms with Crippen LogP contribution in [0.15, 0.2) is 0 Å². The molecular weight excluding hydrogens is 248 g/mol. The lowest BCUT2D eigenvalue weighted by molar-refractivity contribution is -0.133. The van der Waals surface area contributed by atoms with E-state index in [0.717, 1.165) is 25.2 Å². The number of ether oxygens (including phenoxy) is 1. The number of carbonyl (C=O) groups is 1. The lowest BCUT2D eigenvalue weighted by Gasteiger charge is -2.26. The summed E-state index contributed by atoms with van der Waals surface area (Å²) in [5, 5.41) is 0. The van der Waals surface area contributed by atoms with Gasteiger partial charge in [-0.3, -0.25) is 4.79 Å². The van der Waals surface area contributed by atoms with Crippen molar-refractivity contribution in [3.8, 4) is 0 Å². The Kier molecular flexibility index (Phi) is 8.18. The minimum absolute atomic E-state index is 0. The van der Waals surface area contributed by atoms with Gasteiger partial charge in [0.2, 0.25) is 5.91 Å². The maximum atomic E-state index is 11.9. The van der Waals surface area contributed by atoms with Gasteiger partial charge in [-0.15, -0.1) is 12.4 Å². The number of rotatable bonds is 5. The lowest BCUT2D eigenvalue weighted by atomic mass is 10.1. The molecule has 0 aromatic rings. The van der Waals surface area contributed by atoms with Crippen molar-refractivity contribution < 1.29 is 9.53 Å². The van der Waals surface area contributed by atoms with Crippen molar-refractivity contribution in [2.45, 2.75) is 24.9 Å². The molecule has 1 unspecified atom stereocenters. The van der Waals surface area contributed by atoms with Crippen LogP contribution in [0.1, 0.15) is 12.8 Å². The summed E-state index contributed by atoms with van der Waals surface area (Å²) in [7, 11) is 1.82. The molecule has 1 aliphatic heterocycles. The fourth-order valence-electron chi connectivity index (χ4n) is 1.64. The van der Waals surface area contributed by atoms with Crippen LogP contribution in [0, 0.1) is 0 Å². The van der Waals surface area contributed by atoms with Crippen molar-refractivity contribution in [1.82, 2.24) is 4.90 Å².